The molecule has 2 aromatic heterocycles. The third-order valence-electron chi connectivity index (χ3n) is 3.36. The smallest absolute Gasteiger partial charge is 0.202 e. The molecule has 0 aliphatic heterocycles. The van der Waals surface area contributed by atoms with Crippen molar-refractivity contribution in [3.8, 4) is 0 Å². The summed E-state index contributed by atoms with van der Waals surface area (Å²) in [6, 6.07) is 7.76. The van der Waals surface area contributed by atoms with E-state index >= 15 is 0 Å². The van der Waals surface area contributed by atoms with Gasteiger partial charge in [0.15, 0.2) is 5.65 Å². The van der Waals surface area contributed by atoms with Crippen molar-refractivity contribution in [2.45, 2.75) is 26.9 Å². The zero-order valence-electron chi connectivity index (χ0n) is 11.5. The molecule has 0 fully saturated rings. The summed E-state index contributed by atoms with van der Waals surface area (Å²) in [5, 5.41) is 5.20. The highest BCUT2D eigenvalue weighted by molar-refractivity contribution is 6.30. The summed E-state index contributed by atoms with van der Waals surface area (Å²) in [4.78, 5) is 4.42. The summed E-state index contributed by atoms with van der Waals surface area (Å²) in [5.74, 6) is 0.502. The molecule has 0 bridgehead atoms. The minimum absolute atomic E-state index is 0.502. The van der Waals surface area contributed by atoms with Crippen LogP contribution in [0.2, 0.25) is 5.02 Å². The fraction of sp³-hybridized carbons (Fsp3) is 0.286. The Morgan fingerprint density at radius 3 is 2.85 bits per heavy atom. The van der Waals surface area contributed by atoms with Gasteiger partial charge in [-0.1, -0.05) is 23.7 Å². The van der Waals surface area contributed by atoms with Gasteiger partial charge in [-0.25, -0.2) is 9.67 Å². The Bertz CT molecular complexity index is 771. The van der Waals surface area contributed by atoms with Gasteiger partial charge in [-0.3, -0.25) is 4.57 Å². The van der Waals surface area contributed by atoms with Crippen molar-refractivity contribution in [2.75, 3.05) is 5.73 Å². The Hall–Kier alpha value is -2.01. The van der Waals surface area contributed by atoms with E-state index in [1.165, 1.54) is 0 Å². The predicted octanol–water partition coefficient (Wildman–Crippen LogP) is 2.85. The normalized spacial score (nSPS) is 11.3. The fourth-order valence-corrected chi connectivity index (χ4v) is 2.65. The van der Waals surface area contributed by atoms with Crippen molar-refractivity contribution in [2.24, 2.45) is 0 Å². The van der Waals surface area contributed by atoms with Crippen molar-refractivity contribution >= 4 is 28.7 Å². The van der Waals surface area contributed by atoms with Gasteiger partial charge in [0.05, 0.1) is 12.2 Å². The molecule has 0 amide bonds. The summed E-state index contributed by atoms with van der Waals surface area (Å²) in [6.45, 7) is 5.42. The van der Waals surface area contributed by atoms with Crippen LogP contribution in [0.5, 0.6) is 0 Å². The Balaban J connectivity index is 2.13. The molecule has 1 aromatic carbocycles. The summed E-state index contributed by atoms with van der Waals surface area (Å²) in [5.41, 5.74) is 9.87. The Morgan fingerprint density at radius 2 is 2.15 bits per heavy atom. The lowest BCUT2D eigenvalue weighted by atomic mass is 10.2. The SMILES string of the molecule is CCn1nc(C)c2nc(N)n(Cc3cccc(Cl)c3)c21. The molecule has 5 nitrogen and oxygen atoms in total. The minimum Gasteiger partial charge on any atom is -0.369 e. The third-order valence-corrected chi connectivity index (χ3v) is 3.59. The van der Waals surface area contributed by atoms with Gasteiger partial charge in [0.2, 0.25) is 5.95 Å². The average molecular weight is 290 g/mol. The molecule has 0 atom stereocenters. The fourth-order valence-electron chi connectivity index (χ4n) is 2.44. The largest absolute Gasteiger partial charge is 0.369 e. The molecule has 104 valence electrons. The maximum Gasteiger partial charge on any atom is 0.202 e. The molecule has 0 radical (unpaired) electrons. The minimum atomic E-state index is 0.502. The quantitative estimate of drug-likeness (QED) is 0.806. The second-order valence-corrected chi connectivity index (χ2v) is 5.20. The summed E-state index contributed by atoms with van der Waals surface area (Å²) in [7, 11) is 0. The number of anilines is 1. The molecule has 0 aliphatic rings. The van der Waals surface area contributed by atoms with Crippen LogP contribution >= 0.6 is 11.6 Å². The number of halogens is 1. The van der Waals surface area contributed by atoms with E-state index in [0.717, 1.165) is 34.0 Å². The lowest BCUT2D eigenvalue weighted by Crippen LogP contribution is -2.09. The van der Waals surface area contributed by atoms with Crippen molar-refractivity contribution in [3.05, 3.63) is 40.5 Å². The summed E-state index contributed by atoms with van der Waals surface area (Å²) in [6.07, 6.45) is 0. The molecule has 0 unspecified atom stereocenters. The van der Waals surface area contributed by atoms with Gasteiger partial charge < -0.3 is 5.73 Å². The van der Waals surface area contributed by atoms with Gasteiger partial charge in [-0.2, -0.15) is 5.10 Å². The average Bonchev–Trinajstić information content (AvgIpc) is 2.89. The van der Waals surface area contributed by atoms with E-state index < -0.39 is 0 Å². The number of nitrogens with two attached hydrogens (primary N) is 1. The first-order valence-electron chi connectivity index (χ1n) is 6.53. The molecule has 0 saturated heterocycles. The second kappa shape index (κ2) is 4.83. The van der Waals surface area contributed by atoms with E-state index in [-0.39, 0.29) is 0 Å². The van der Waals surface area contributed by atoms with Crippen LogP contribution < -0.4 is 5.73 Å². The van der Waals surface area contributed by atoms with E-state index in [4.69, 9.17) is 17.3 Å². The molecule has 3 rings (SSSR count). The lowest BCUT2D eigenvalue weighted by molar-refractivity contribution is 0.648. The molecule has 3 aromatic rings. The molecule has 2 heterocycles. The second-order valence-electron chi connectivity index (χ2n) is 4.76. The molecule has 20 heavy (non-hydrogen) atoms. The summed E-state index contributed by atoms with van der Waals surface area (Å²) < 4.78 is 3.91. The predicted molar refractivity (Wildman–Crippen MR) is 80.9 cm³/mol. The van der Waals surface area contributed by atoms with E-state index in [1.54, 1.807) is 0 Å². The molecular weight excluding hydrogens is 274 g/mol. The van der Waals surface area contributed by atoms with Crippen LogP contribution in [-0.4, -0.2) is 19.3 Å². The molecule has 0 saturated carbocycles. The Morgan fingerprint density at radius 1 is 1.35 bits per heavy atom. The highest BCUT2D eigenvalue weighted by Crippen LogP contribution is 2.23. The van der Waals surface area contributed by atoms with Crippen LogP contribution in [0.15, 0.2) is 24.3 Å². The highest BCUT2D eigenvalue weighted by atomic mass is 35.5. The summed E-state index contributed by atoms with van der Waals surface area (Å²) >= 11 is 6.03. The lowest BCUT2D eigenvalue weighted by Gasteiger charge is -2.08. The van der Waals surface area contributed by atoms with Gasteiger partial charge in [-0.15, -0.1) is 0 Å². The third kappa shape index (κ3) is 2.04. The monoisotopic (exact) mass is 289 g/mol. The van der Waals surface area contributed by atoms with Crippen LogP contribution in [-0.2, 0) is 13.1 Å². The number of hydrogen-bond acceptors (Lipinski definition) is 3. The van der Waals surface area contributed by atoms with Crippen LogP contribution in [0.25, 0.3) is 11.2 Å². The molecule has 6 heteroatoms. The zero-order chi connectivity index (χ0) is 14.3. The van der Waals surface area contributed by atoms with E-state index in [0.29, 0.717) is 12.5 Å². The van der Waals surface area contributed by atoms with Crippen molar-refractivity contribution in [1.82, 2.24) is 19.3 Å². The highest BCUT2D eigenvalue weighted by Gasteiger charge is 2.16. The number of benzene rings is 1. The van der Waals surface area contributed by atoms with Crippen LogP contribution in [0.4, 0.5) is 5.95 Å². The molecule has 2 N–H and O–H groups in total. The number of nitrogen functional groups attached to an aromatic ring is 1. The number of aryl methyl sites for hydroxylation is 2. The number of fused-ring (bicyclic) bond motifs is 1. The van der Waals surface area contributed by atoms with E-state index in [9.17, 15) is 0 Å². The van der Waals surface area contributed by atoms with Gasteiger partial charge in [0.1, 0.15) is 5.52 Å². The van der Waals surface area contributed by atoms with Crippen LogP contribution in [0.3, 0.4) is 0 Å². The maximum absolute atomic E-state index is 6.05. The number of imidazole rings is 1. The Labute approximate surface area is 122 Å². The molecule has 0 aliphatic carbocycles. The maximum atomic E-state index is 6.05. The first kappa shape index (κ1) is 13.0. The van der Waals surface area contributed by atoms with Crippen molar-refractivity contribution < 1.29 is 0 Å². The Kier molecular flexibility index (Phi) is 3.14. The zero-order valence-corrected chi connectivity index (χ0v) is 12.2. The van der Waals surface area contributed by atoms with E-state index in [1.807, 2.05) is 40.4 Å². The molecular formula is C14H16ClN5. The van der Waals surface area contributed by atoms with Crippen LogP contribution in [0, 0.1) is 6.92 Å². The van der Waals surface area contributed by atoms with E-state index in [2.05, 4.69) is 17.0 Å². The first-order valence-corrected chi connectivity index (χ1v) is 6.91. The van der Waals surface area contributed by atoms with Gasteiger partial charge in [-0.05, 0) is 31.5 Å². The van der Waals surface area contributed by atoms with Crippen molar-refractivity contribution in [3.63, 3.8) is 0 Å². The van der Waals surface area contributed by atoms with Gasteiger partial charge in [0.25, 0.3) is 0 Å². The number of nitrogens with zero attached hydrogens (tertiary/aromatic N) is 4. The number of hydrogen-bond donors (Lipinski definition) is 1. The number of rotatable bonds is 3. The topological polar surface area (TPSA) is 61.7 Å². The standard InChI is InChI=1S/C14H16ClN5/c1-3-20-13-12(9(2)18-20)17-14(16)19(13)8-10-5-4-6-11(15)7-10/h4-7H,3,8H2,1-2H3,(H2,16,17). The molecule has 0 spiro atoms. The first-order chi connectivity index (χ1) is 9.60. The van der Waals surface area contributed by atoms with Gasteiger partial charge in [0, 0.05) is 11.6 Å². The van der Waals surface area contributed by atoms with Crippen LogP contribution in [0.1, 0.15) is 18.2 Å². The van der Waals surface area contributed by atoms with Crippen molar-refractivity contribution in [1.29, 1.82) is 0 Å². The number of aromatic nitrogens is 4. The van der Waals surface area contributed by atoms with Gasteiger partial charge >= 0.3 is 0 Å².